The summed E-state index contributed by atoms with van der Waals surface area (Å²) < 4.78 is 10.1. The molecule has 3 aromatic rings. The fourth-order valence-corrected chi connectivity index (χ4v) is 3.77. The summed E-state index contributed by atoms with van der Waals surface area (Å²) in [4.78, 5) is 15.6. The van der Waals surface area contributed by atoms with Crippen LogP contribution in [0.4, 0.5) is 22.7 Å². The number of hydrogen-bond donors (Lipinski definition) is 2. The Balaban J connectivity index is 1.58. The predicted molar refractivity (Wildman–Crippen MR) is 116 cm³/mol. The van der Waals surface area contributed by atoms with Crippen LogP contribution in [-0.2, 0) is 0 Å². The van der Waals surface area contributed by atoms with Gasteiger partial charge in [0.25, 0.3) is 0 Å². The first-order valence-electron chi connectivity index (χ1n) is 10.0. The lowest BCUT2D eigenvalue weighted by atomic mass is 10.1. The van der Waals surface area contributed by atoms with Crippen LogP contribution in [0.1, 0.15) is 6.42 Å². The van der Waals surface area contributed by atoms with Gasteiger partial charge in [-0.05, 0) is 47.1 Å². The first-order valence-corrected chi connectivity index (χ1v) is 10.0. The summed E-state index contributed by atoms with van der Waals surface area (Å²) in [6, 6.07) is 9.66. The van der Waals surface area contributed by atoms with Crippen molar-refractivity contribution in [3.8, 4) is 5.75 Å². The summed E-state index contributed by atoms with van der Waals surface area (Å²) >= 11 is 0. The van der Waals surface area contributed by atoms with E-state index in [0.717, 1.165) is 30.2 Å². The standard InChI is InChI=1S/C20H24N6O5/c1-30-15-5-3-14(4-6-15)24-8-10-25(11-9-24)17-13-16(21-7-2-12-27)20(26(28)29)19-18(17)22-31-23-19/h3-6,13,21,27H,2,7-12H2,1H3. The molecule has 0 unspecified atom stereocenters. The first-order chi connectivity index (χ1) is 15.1. The molecule has 0 saturated carbocycles. The molecule has 4 rings (SSSR count). The molecule has 2 heterocycles. The Morgan fingerprint density at radius 2 is 1.84 bits per heavy atom. The summed E-state index contributed by atoms with van der Waals surface area (Å²) in [5, 5.41) is 31.5. The van der Waals surface area contributed by atoms with Gasteiger partial charge in [-0.2, -0.15) is 0 Å². The number of nitrogens with one attached hydrogen (secondary N) is 1. The van der Waals surface area contributed by atoms with E-state index in [-0.39, 0.29) is 17.8 Å². The zero-order valence-corrected chi connectivity index (χ0v) is 17.2. The van der Waals surface area contributed by atoms with Crippen molar-refractivity contribution >= 4 is 33.8 Å². The molecule has 31 heavy (non-hydrogen) atoms. The third-order valence-electron chi connectivity index (χ3n) is 5.38. The van der Waals surface area contributed by atoms with Gasteiger partial charge in [-0.1, -0.05) is 0 Å². The van der Waals surface area contributed by atoms with E-state index in [1.165, 1.54) is 0 Å². The molecule has 0 aliphatic carbocycles. The number of hydrogen-bond acceptors (Lipinski definition) is 10. The normalized spacial score (nSPS) is 14.1. The number of ether oxygens (including phenoxy) is 1. The SMILES string of the molecule is COc1ccc(N2CCN(c3cc(NCCCO)c([N+](=O)[O-])c4nonc34)CC2)cc1. The van der Waals surface area contributed by atoms with Crippen molar-refractivity contribution in [3.63, 3.8) is 0 Å². The summed E-state index contributed by atoms with van der Waals surface area (Å²) in [7, 11) is 1.64. The summed E-state index contributed by atoms with van der Waals surface area (Å²) in [6.45, 7) is 3.38. The predicted octanol–water partition coefficient (Wildman–Crippen LogP) is 2.26. The highest BCUT2D eigenvalue weighted by molar-refractivity contribution is 5.99. The lowest BCUT2D eigenvalue weighted by molar-refractivity contribution is -0.382. The second-order valence-electron chi connectivity index (χ2n) is 7.19. The van der Waals surface area contributed by atoms with Gasteiger partial charge in [0, 0.05) is 45.0 Å². The van der Waals surface area contributed by atoms with Gasteiger partial charge in [0.05, 0.1) is 17.7 Å². The molecule has 2 aromatic carbocycles. The number of nitro benzene ring substituents is 1. The minimum Gasteiger partial charge on any atom is -0.497 e. The second-order valence-corrected chi connectivity index (χ2v) is 7.19. The molecule has 0 spiro atoms. The fourth-order valence-electron chi connectivity index (χ4n) is 3.77. The van der Waals surface area contributed by atoms with E-state index >= 15 is 0 Å². The molecule has 1 fully saturated rings. The van der Waals surface area contributed by atoms with Crippen molar-refractivity contribution in [2.75, 3.05) is 61.6 Å². The van der Waals surface area contributed by atoms with Crippen molar-refractivity contribution in [2.24, 2.45) is 0 Å². The lowest BCUT2D eigenvalue weighted by Gasteiger charge is -2.37. The monoisotopic (exact) mass is 428 g/mol. The minimum absolute atomic E-state index is 0.00522. The third-order valence-corrected chi connectivity index (χ3v) is 5.38. The Morgan fingerprint density at radius 1 is 1.16 bits per heavy atom. The second kappa shape index (κ2) is 9.04. The molecule has 11 heteroatoms. The fraction of sp³-hybridized carbons (Fsp3) is 0.400. The Kier molecular flexibility index (Phi) is 6.03. The van der Waals surface area contributed by atoms with E-state index in [9.17, 15) is 10.1 Å². The number of aliphatic hydroxyl groups excluding tert-OH is 1. The number of benzene rings is 2. The zero-order chi connectivity index (χ0) is 21.8. The van der Waals surface area contributed by atoms with Crippen LogP contribution in [-0.4, -0.2) is 66.8 Å². The van der Waals surface area contributed by atoms with Gasteiger partial charge in [0.1, 0.15) is 11.4 Å². The van der Waals surface area contributed by atoms with Crippen LogP contribution in [0.15, 0.2) is 35.0 Å². The zero-order valence-electron chi connectivity index (χ0n) is 17.2. The van der Waals surface area contributed by atoms with Gasteiger partial charge >= 0.3 is 5.69 Å². The Labute approximate surface area is 178 Å². The largest absolute Gasteiger partial charge is 0.497 e. The van der Waals surface area contributed by atoms with Gasteiger partial charge in [-0.15, -0.1) is 0 Å². The Hall–Kier alpha value is -3.60. The molecule has 1 aliphatic heterocycles. The molecule has 0 bridgehead atoms. The lowest BCUT2D eigenvalue weighted by Crippen LogP contribution is -2.46. The molecule has 164 valence electrons. The van der Waals surface area contributed by atoms with Crippen molar-refractivity contribution < 1.29 is 19.4 Å². The summed E-state index contributed by atoms with van der Waals surface area (Å²) in [5.74, 6) is 0.815. The molecule has 0 atom stereocenters. The molecule has 1 aliphatic rings. The van der Waals surface area contributed by atoms with Crippen molar-refractivity contribution in [3.05, 3.63) is 40.4 Å². The van der Waals surface area contributed by atoms with E-state index in [4.69, 9.17) is 14.5 Å². The number of anilines is 3. The van der Waals surface area contributed by atoms with Gasteiger partial charge < -0.3 is 25.0 Å². The molecule has 0 amide bonds. The molecule has 2 N–H and O–H groups in total. The first kappa shape index (κ1) is 20.7. The van der Waals surface area contributed by atoms with Gasteiger partial charge in [0.15, 0.2) is 5.52 Å². The molecular formula is C20H24N6O5. The highest BCUT2D eigenvalue weighted by atomic mass is 16.6. The minimum atomic E-state index is -0.487. The molecular weight excluding hydrogens is 404 g/mol. The topological polar surface area (TPSA) is 130 Å². The number of nitro groups is 1. The van der Waals surface area contributed by atoms with Crippen LogP contribution in [0.25, 0.3) is 11.0 Å². The van der Waals surface area contributed by atoms with Crippen LogP contribution in [0.3, 0.4) is 0 Å². The highest BCUT2D eigenvalue weighted by Crippen LogP contribution is 2.38. The van der Waals surface area contributed by atoms with E-state index < -0.39 is 4.92 Å². The Morgan fingerprint density at radius 3 is 2.48 bits per heavy atom. The number of piperazine rings is 1. The van der Waals surface area contributed by atoms with Gasteiger partial charge in [-0.25, -0.2) is 4.63 Å². The highest BCUT2D eigenvalue weighted by Gasteiger charge is 2.29. The summed E-state index contributed by atoms with van der Waals surface area (Å²) in [6.07, 6.45) is 0.474. The van der Waals surface area contributed by atoms with Crippen LogP contribution in [0.5, 0.6) is 5.75 Å². The van der Waals surface area contributed by atoms with Crippen LogP contribution in [0.2, 0.25) is 0 Å². The van der Waals surface area contributed by atoms with E-state index in [0.29, 0.717) is 37.3 Å². The summed E-state index contributed by atoms with van der Waals surface area (Å²) in [5.41, 5.74) is 2.51. The Bertz CT molecular complexity index is 1050. The quantitative estimate of drug-likeness (QED) is 0.313. The van der Waals surface area contributed by atoms with Crippen LogP contribution in [0, 0.1) is 10.1 Å². The molecule has 11 nitrogen and oxygen atoms in total. The van der Waals surface area contributed by atoms with Crippen molar-refractivity contribution in [2.45, 2.75) is 6.42 Å². The smallest absolute Gasteiger partial charge is 0.323 e. The number of aliphatic hydroxyl groups is 1. The molecule has 0 radical (unpaired) electrons. The number of aromatic nitrogens is 2. The molecule has 1 aromatic heterocycles. The van der Waals surface area contributed by atoms with E-state index in [2.05, 4.69) is 25.4 Å². The maximum Gasteiger partial charge on any atom is 0.323 e. The maximum absolute atomic E-state index is 11.7. The number of nitrogens with zero attached hydrogens (tertiary/aromatic N) is 5. The number of rotatable bonds is 8. The van der Waals surface area contributed by atoms with Crippen LogP contribution < -0.4 is 19.9 Å². The van der Waals surface area contributed by atoms with Gasteiger partial charge in [0.2, 0.25) is 5.52 Å². The average Bonchev–Trinajstić information content (AvgIpc) is 3.28. The third kappa shape index (κ3) is 4.17. The van der Waals surface area contributed by atoms with Crippen molar-refractivity contribution in [1.82, 2.24) is 10.3 Å². The van der Waals surface area contributed by atoms with Crippen LogP contribution >= 0.6 is 0 Å². The molecule has 1 saturated heterocycles. The number of fused-ring (bicyclic) bond motifs is 1. The van der Waals surface area contributed by atoms with E-state index in [1.54, 1.807) is 13.2 Å². The van der Waals surface area contributed by atoms with Gasteiger partial charge in [-0.3, -0.25) is 10.1 Å². The average molecular weight is 428 g/mol. The number of methoxy groups -OCH3 is 1. The maximum atomic E-state index is 11.7. The van der Waals surface area contributed by atoms with E-state index in [1.807, 2.05) is 24.3 Å². The van der Waals surface area contributed by atoms with Crippen molar-refractivity contribution in [1.29, 1.82) is 0 Å².